The van der Waals surface area contributed by atoms with E-state index in [-0.39, 0.29) is 18.4 Å². The van der Waals surface area contributed by atoms with Crippen molar-refractivity contribution in [3.8, 4) is 5.75 Å². The van der Waals surface area contributed by atoms with Crippen molar-refractivity contribution in [3.63, 3.8) is 0 Å². The summed E-state index contributed by atoms with van der Waals surface area (Å²) in [6.45, 7) is 1.13. The molecule has 6 heteroatoms. The van der Waals surface area contributed by atoms with E-state index in [4.69, 9.17) is 16.3 Å². The first-order chi connectivity index (χ1) is 12.5. The van der Waals surface area contributed by atoms with Crippen molar-refractivity contribution in [2.45, 2.75) is 19.4 Å². The van der Waals surface area contributed by atoms with Gasteiger partial charge in [0, 0.05) is 37.3 Å². The van der Waals surface area contributed by atoms with Gasteiger partial charge in [0.05, 0.1) is 0 Å². The molecule has 0 atom stereocenters. The van der Waals surface area contributed by atoms with Crippen molar-refractivity contribution in [2.24, 2.45) is 0 Å². The molecule has 136 valence electrons. The molecule has 1 aliphatic rings. The van der Waals surface area contributed by atoms with Crippen molar-refractivity contribution in [2.75, 3.05) is 25.1 Å². The molecule has 0 saturated carbocycles. The van der Waals surface area contributed by atoms with Crippen molar-refractivity contribution < 1.29 is 14.3 Å². The third kappa shape index (κ3) is 4.35. The topological polar surface area (TPSA) is 49.9 Å². The smallest absolute Gasteiger partial charge is 0.260 e. The van der Waals surface area contributed by atoms with Gasteiger partial charge in [0.15, 0.2) is 6.61 Å². The van der Waals surface area contributed by atoms with Gasteiger partial charge >= 0.3 is 0 Å². The number of nitrogens with zero attached hydrogens (tertiary/aromatic N) is 2. The van der Waals surface area contributed by atoms with E-state index in [1.54, 1.807) is 35.0 Å². The van der Waals surface area contributed by atoms with Gasteiger partial charge in [0.25, 0.3) is 5.91 Å². The van der Waals surface area contributed by atoms with Crippen LogP contribution in [0.3, 0.4) is 0 Å². The van der Waals surface area contributed by atoms with E-state index >= 15 is 0 Å². The Balaban J connectivity index is 1.52. The molecule has 2 amide bonds. The van der Waals surface area contributed by atoms with Crippen LogP contribution in [-0.4, -0.2) is 36.9 Å². The van der Waals surface area contributed by atoms with Gasteiger partial charge in [-0.05, 0) is 42.3 Å². The number of benzene rings is 2. The van der Waals surface area contributed by atoms with Gasteiger partial charge in [0.1, 0.15) is 5.75 Å². The molecule has 2 aromatic carbocycles. The zero-order chi connectivity index (χ0) is 18.5. The number of rotatable bonds is 6. The second kappa shape index (κ2) is 8.23. The van der Waals surface area contributed by atoms with Gasteiger partial charge in [-0.1, -0.05) is 29.8 Å². The number of halogens is 1. The normalized spacial score (nSPS) is 13.8. The van der Waals surface area contributed by atoms with Crippen LogP contribution in [0, 0.1) is 0 Å². The number of hydrogen-bond donors (Lipinski definition) is 0. The number of hydrogen-bond acceptors (Lipinski definition) is 3. The standard InChI is InChI=1S/C20H21ClN2O3/c1-22(13-15-5-2-3-6-18(15)21)20(25)14-26-17-10-8-16(9-11-17)23-12-4-7-19(23)24/h2-3,5-6,8-11H,4,7,12-14H2,1H3. The predicted molar refractivity (Wildman–Crippen MR) is 101 cm³/mol. The van der Waals surface area contributed by atoms with Crippen molar-refractivity contribution >= 4 is 29.1 Å². The van der Waals surface area contributed by atoms with Crippen LogP contribution in [-0.2, 0) is 16.1 Å². The lowest BCUT2D eigenvalue weighted by Crippen LogP contribution is -2.31. The molecule has 1 aliphatic heterocycles. The molecular formula is C20H21ClN2O3. The second-order valence-electron chi connectivity index (χ2n) is 6.27. The van der Waals surface area contributed by atoms with Gasteiger partial charge in [-0.2, -0.15) is 0 Å². The lowest BCUT2D eigenvalue weighted by atomic mass is 10.2. The third-order valence-electron chi connectivity index (χ3n) is 4.38. The van der Waals surface area contributed by atoms with Crippen LogP contribution in [0.5, 0.6) is 5.75 Å². The minimum atomic E-state index is -0.135. The highest BCUT2D eigenvalue weighted by Crippen LogP contribution is 2.24. The van der Waals surface area contributed by atoms with Crippen molar-refractivity contribution in [3.05, 3.63) is 59.1 Å². The maximum atomic E-state index is 12.3. The van der Waals surface area contributed by atoms with Crippen molar-refractivity contribution in [1.29, 1.82) is 0 Å². The summed E-state index contributed by atoms with van der Waals surface area (Å²) in [5, 5.41) is 0.639. The van der Waals surface area contributed by atoms with Gasteiger partial charge in [-0.3, -0.25) is 9.59 Å². The minimum Gasteiger partial charge on any atom is -0.484 e. The number of carbonyl (C=O) groups is 2. The average Bonchev–Trinajstić information content (AvgIpc) is 3.08. The predicted octanol–water partition coefficient (Wildman–Crippen LogP) is 3.50. The minimum absolute atomic E-state index is 0.0526. The molecule has 0 spiro atoms. The molecule has 0 aromatic heterocycles. The van der Waals surface area contributed by atoms with Crippen LogP contribution in [0.25, 0.3) is 0 Å². The Hall–Kier alpha value is -2.53. The highest BCUT2D eigenvalue weighted by Gasteiger charge is 2.21. The number of anilines is 1. The number of amides is 2. The van der Waals surface area contributed by atoms with Crippen LogP contribution < -0.4 is 9.64 Å². The molecule has 26 heavy (non-hydrogen) atoms. The maximum Gasteiger partial charge on any atom is 0.260 e. The molecule has 1 fully saturated rings. The average molecular weight is 373 g/mol. The Labute approximate surface area is 158 Å². The first-order valence-corrected chi connectivity index (χ1v) is 8.93. The Morgan fingerprint density at radius 3 is 2.58 bits per heavy atom. The zero-order valence-corrected chi connectivity index (χ0v) is 15.4. The van der Waals surface area contributed by atoms with E-state index in [0.717, 1.165) is 24.2 Å². The highest BCUT2D eigenvalue weighted by atomic mass is 35.5. The molecule has 0 aliphatic carbocycles. The summed E-state index contributed by atoms with van der Waals surface area (Å²) in [4.78, 5) is 27.4. The summed E-state index contributed by atoms with van der Waals surface area (Å²) in [5.74, 6) is 0.610. The van der Waals surface area contributed by atoms with E-state index in [2.05, 4.69) is 0 Å². The molecular weight excluding hydrogens is 352 g/mol. The summed E-state index contributed by atoms with van der Waals surface area (Å²) in [7, 11) is 1.72. The SMILES string of the molecule is CN(Cc1ccccc1Cl)C(=O)COc1ccc(N2CCCC2=O)cc1. The summed E-state index contributed by atoms with van der Waals surface area (Å²) < 4.78 is 5.57. The quantitative estimate of drug-likeness (QED) is 0.779. The maximum absolute atomic E-state index is 12.3. The fourth-order valence-electron chi connectivity index (χ4n) is 2.87. The number of ether oxygens (including phenoxy) is 1. The van der Waals surface area contributed by atoms with Gasteiger partial charge in [0.2, 0.25) is 5.91 Å². The monoisotopic (exact) mass is 372 g/mol. The Kier molecular flexibility index (Phi) is 5.78. The van der Waals surface area contributed by atoms with Gasteiger partial charge in [-0.25, -0.2) is 0 Å². The number of carbonyl (C=O) groups excluding carboxylic acids is 2. The molecule has 5 nitrogen and oxygen atoms in total. The highest BCUT2D eigenvalue weighted by molar-refractivity contribution is 6.31. The van der Waals surface area contributed by atoms with E-state index in [0.29, 0.717) is 23.7 Å². The van der Waals surface area contributed by atoms with E-state index < -0.39 is 0 Å². The van der Waals surface area contributed by atoms with Crippen LogP contribution in [0.4, 0.5) is 5.69 Å². The summed E-state index contributed by atoms with van der Waals surface area (Å²) in [6, 6.07) is 14.7. The fourth-order valence-corrected chi connectivity index (χ4v) is 3.06. The van der Waals surface area contributed by atoms with E-state index in [9.17, 15) is 9.59 Å². The van der Waals surface area contributed by atoms with Crippen molar-refractivity contribution in [1.82, 2.24) is 4.90 Å². The molecule has 1 heterocycles. The Bertz CT molecular complexity index is 792. The summed E-state index contributed by atoms with van der Waals surface area (Å²) in [5.41, 5.74) is 1.76. The van der Waals surface area contributed by atoms with E-state index in [1.807, 2.05) is 30.3 Å². The lowest BCUT2D eigenvalue weighted by Gasteiger charge is -2.19. The zero-order valence-electron chi connectivity index (χ0n) is 14.7. The molecule has 0 bridgehead atoms. The molecule has 2 aromatic rings. The number of likely N-dealkylation sites (N-methyl/N-ethyl adjacent to an activating group) is 1. The molecule has 0 unspecified atom stereocenters. The second-order valence-corrected chi connectivity index (χ2v) is 6.68. The first kappa shape index (κ1) is 18.3. The largest absolute Gasteiger partial charge is 0.484 e. The van der Waals surface area contributed by atoms with E-state index in [1.165, 1.54) is 0 Å². The van der Waals surface area contributed by atoms with Gasteiger partial charge < -0.3 is 14.5 Å². The van der Waals surface area contributed by atoms with Crippen LogP contribution in [0.2, 0.25) is 5.02 Å². The molecule has 0 radical (unpaired) electrons. The summed E-state index contributed by atoms with van der Waals surface area (Å²) in [6.07, 6.45) is 1.49. The lowest BCUT2D eigenvalue weighted by molar-refractivity contribution is -0.132. The van der Waals surface area contributed by atoms with Gasteiger partial charge in [-0.15, -0.1) is 0 Å². The third-order valence-corrected chi connectivity index (χ3v) is 4.74. The molecule has 0 N–H and O–H groups in total. The molecule has 3 rings (SSSR count). The van der Waals surface area contributed by atoms with Crippen LogP contribution in [0.1, 0.15) is 18.4 Å². The van der Waals surface area contributed by atoms with Crippen LogP contribution >= 0.6 is 11.6 Å². The Morgan fingerprint density at radius 2 is 1.92 bits per heavy atom. The summed E-state index contributed by atoms with van der Waals surface area (Å²) >= 11 is 6.13. The van der Waals surface area contributed by atoms with Crippen LogP contribution in [0.15, 0.2) is 48.5 Å². The Morgan fingerprint density at radius 1 is 1.19 bits per heavy atom. The fraction of sp³-hybridized carbons (Fsp3) is 0.300. The first-order valence-electron chi connectivity index (χ1n) is 8.55. The molecule has 1 saturated heterocycles.